The number of benzene rings is 2. The molecule has 164 valence electrons. The van der Waals surface area contributed by atoms with Crippen molar-refractivity contribution in [2.45, 2.75) is 32.0 Å². The zero-order valence-corrected chi connectivity index (χ0v) is 18.6. The summed E-state index contributed by atoms with van der Waals surface area (Å²) in [6.45, 7) is 0.178. The molecule has 0 radical (unpaired) electrons. The Labute approximate surface area is 190 Å². The molecule has 0 aliphatic heterocycles. The molecule has 4 N–H and O–H groups in total. The van der Waals surface area contributed by atoms with Gasteiger partial charge in [0.05, 0.1) is 0 Å². The second-order valence-electron chi connectivity index (χ2n) is 7.13. The molecule has 0 saturated carbocycles. The highest BCUT2D eigenvalue weighted by Gasteiger charge is 2.30. The Morgan fingerprint density at radius 2 is 1.83 bits per heavy atom. The largest absolute Gasteiger partial charge is 0.573 e. The average molecular weight is 535 g/mol. The molecular formula is C21H25F3IN3O2. The molecule has 0 amide bonds. The molecule has 1 unspecified atom stereocenters. The monoisotopic (exact) mass is 535 g/mol. The van der Waals surface area contributed by atoms with E-state index in [4.69, 9.17) is 5.73 Å². The Balaban J connectivity index is 0.00000320. The van der Waals surface area contributed by atoms with Crippen molar-refractivity contribution in [3.05, 3.63) is 59.2 Å². The van der Waals surface area contributed by atoms with E-state index in [2.05, 4.69) is 27.2 Å². The zero-order chi connectivity index (χ0) is 20.9. The Bertz CT molecular complexity index is 858. The second-order valence-corrected chi connectivity index (χ2v) is 7.13. The number of guanidine groups is 1. The van der Waals surface area contributed by atoms with Gasteiger partial charge in [-0.15, -0.1) is 37.1 Å². The lowest BCUT2D eigenvalue weighted by molar-refractivity contribution is -0.274. The molecule has 30 heavy (non-hydrogen) atoms. The fourth-order valence-corrected chi connectivity index (χ4v) is 3.41. The van der Waals surface area contributed by atoms with Crippen LogP contribution in [0.3, 0.4) is 0 Å². The first-order valence-electron chi connectivity index (χ1n) is 9.46. The van der Waals surface area contributed by atoms with E-state index >= 15 is 0 Å². The predicted octanol–water partition coefficient (Wildman–Crippen LogP) is 4.27. The number of hydrogen-bond donors (Lipinski definition) is 3. The average Bonchev–Trinajstić information content (AvgIpc) is 3.13. The molecule has 1 aliphatic carbocycles. The second kappa shape index (κ2) is 10.9. The van der Waals surface area contributed by atoms with Gasteiger partial charge in [0.1, 0.15) is 5.75 Å². The summed E-state index contributed by atoms with van der Waals surface area (Å²) in [5, 5.41) is 12.7. The molecule has 0 bridgehead atoms. The maximum Gasteiger partial charge on any atom is 0.573 e. The number of aliphatic hydroxyl groups excluding tert-OH is 1. The first-order valence-corrected chi connectivity index (χ1v) is 9.46. The van der Waals surface area contributed by atoms with E-state index in [1.165, 1.54) is 29.7 Å². The molecule has 0 saturated heterocycles. The number of rotatable bonds is 7. The van der Waals surface area contributed by atoms with Crippen LogP contribution in [0.2, 0.25) is 0 Å². The molecule has 0 fully saturated rings. The van der Waals surface area contributed by atoms with E-state index in [1.807, 2.05) is 6.07 Å². The minimum Gasteiger partial charge on any atom is -0.406 e. The molecule has 0 aromatic heterocycles. The fourth-order valence-electron chi connectivity index (χ4n) is 3.41. The lowest BCUT2D eigenvalue weighted by atomic mass is 10.0. The normalized spacial score (nSPS) is 14.6. The summed E-state index contributed by atoms with van der Waals surface area (Å²) in [4.78, 5) is 4.30. The molecule has 0 spiro atoms. The number of aliphatic hydroxyl groups is 1. The van der Waals surface area contributed by atoms with Crippen molar-refractivity contribution in [2.24, 2.45) is 16.6 Å². The Morgan fingerprint density at radius 1 is 1.13 bits per heavy atom. The Morgan fingerprint density at radius 3 is 2.50 bits per heavy atom. The van der Waals surface area contributed by atoms with Crippen LogP contribution in [0, 0.1) is 5.92 Å². The van der Waals surface area contributed by atoms with Crippen LogP contribution in [0.4, 0.5) is 18.9 Å². The molecule has 1 atom stereocenters. The minimum atomic E-state index is -4.72. The van der Waals surface area contributed by atoms with E-state index in [1.54, 1.807) is 12.1 Å². The van der Waals surface area contributed by atoms with Gasteiger partial charge in [-0.2, -0.15) is 0 Å². The predicted molar refractivity (Wildman–Crippen MR) is 121 cm³/mol. The number of hydrogen-bond acceptors (Lipinski definition) is 3. The number of nitrogens with one attached hydrogen (secondary N) is 1. The van der Waals surface area contributed by atoms with Gasteiger partial charge in [-0.3, -0.25) is 4.99 Å². The molecule has 5 nitrogen and oxygen atoms in total. The summed E-state index contributed by atoms with van der Waals surface area (Å²) in [5.41, 5.74) is 10.3. The summed E-state index contributed by atoms with van der Waals surface area (Å²) in [5.74, 6) is -0.220. The van der Waals surface area contributed by atoms with Gasteiger partial charge in [0.25, 0.3) is 0 Å². The standard InChI is InChI=1S/C21H24F3N3O2.HI/c22-21(23,24)29-19-8-4-14(5-9-19)10-15(13-28)12-26-20(25)27-18-7-6-16-2-1-3-17(16)11-18;/h4-9,11,15,28H,1-3,10,12-13H2,(H3,25,26,27);1H. The topological polar surface area (TPSA) is 79.9 Å². The maximum atomic E-state index is 12.2. The van der Waals surface area contributed by atoms with E-state index in [0.717, 1.165) is 24.1 Å². The number of halogens is 4. The van der Waals surface area contributed by atoms with Gasteiger partial charge in [0.2, 0.25) is 0 Å². The van der Waals surface area contributed by atoms with Crippen molar-refractivity contribution < 1.29 is 23.0 Å². The first kappa shape index (κ1) is 24.3. The highest BCUT2D eigenvalue weighted by atomic mass is 127. The fraction of sp³-hybridized carbons (Fsp3) is 0.381. The zero-order valence-electron chi connectivity index (χ0n) is 16.3. The number of aryl methyl sites for hydroxylation is 2. The van der Waals surface area contributed by atoms with Gasteiger partial charge in [-0.25, -0.2) is 0 Å². The third kappa shape index (κ3) is 7.35. The van der Waals surface area contributed by atoms with Crippen LogP contribution < -0.4 is 15.8 Å². The van der Waals surface area contributed by atoms with Crippen molar-refractivity contribution >= 4 is 35.6 Å². The highest BCUT2D eigenvalue weighted by Crippen LogP contribution is 2.25. The SMILES string of the molecule is I.NC(=NCC(CO)Cc1ccc(OC(F)(F)F)cc1)Nc1ccc2c(c1)CCC2. The molecular weight excluding hydrogens is 510 g/mol. The summed E-state index contributed by atoms with van der Waals surface area (Å²) in [6, 6.07) is 11.7. The van der Waals surface area contributed by atoms with Crippen molar-refractivity contribution in [2.75, 3.05) is 18.5 Å². The van der Waals surface area contributed by atoms with Gasteiger partial charge in [0, 0.05) is 24.8 Å². The lowest BCUT2D eigenvalue weighted by Crippen LogP contribution is -2.25. The third-order valence-corrected chi connectivity index (χ3v) is 4.83. The number of ether oxygens (including phenoxy) is 1. The van der Waals surface area contributed by atoms with Crippen molar-refractivity contribution in [3.8, 4) is 5.75 Å². The van der Waals surface area contributed by atoms with Crippen molar-refractivity contribution in [1.82, 2.24) is 0 Å². The third-order valence-electron chi connectivity index (χ3n) is 4.83. The number of fused-ring (bicyclic) bond motifs is 1. The maximum absolute atomic E-state index is 12.2. The van der Waals surface area contributed by atoms with Gasteiger partial charge in [-0.1, -0.05) is 18.2 Å². The number of anilines is 1. The summed E-state index contributed by atoms with van der Waals surface area (Å²) >= 11 is 0. The van der Waals surface area contributed by atoms with Gasteiger partial charge < -0.3 is 20.9 Å². The van der Waals surface area contributed by atoms with E-state index in [0.29, 0.717) is 13.0 Å². The lowest BCUT2D eigenvalue weighted by Gasteiger charge is -2.14. The number of alkyl halides is 3. The highest BCUT2D eigenvalue weighted by molar-refractivity contribution is 14.0. The molecule has 2 aromatic rings. The van der Waals surface area contributed by atoms with Crippen LogP contribution in [0.5, 0.6) is 5.75 Å². The molecule has 1 aliphatic rings. The first-order chi connectivity index (χ1) is 13.8. The molecule has 3 rings (SSSR count). The summed E-state index contributed by atoms with van der Waals surface area (Å²) in [6.07, 6.45) is -0.905. The quantitative estimate of drug-likeness (QED) is 0.281. The van der Waals surface area contributed by atoms with Gasteiger partial charge in [-0.05, 0) is 66.6 Å². The molecule has 9 heteroatoms. The molecule has 0 heterocycles. The van der Waals surface area contributed by atoms with Crippen LogP contribution in [-0.4, -0.2) is 30.6 Å². The van der Waals surface area contributed by atoms with Gasteiger partial charge >= 0.3 is 6.36 Å². The van der Waals surface area contributed by atoms with Crippen LogP contribution >= 0.6 is 24.0 Å². The van der Waals surface area contributed by atoms with E-state index in [9.17, 15) is 18.3 Å². The van der Waals surface area contributed by atoms with Gasteiger partial charge in [0.15, 0.2) is 5.96 Å². The van der Waals surface area contributed by atoms with E-state index < -0.39 is 6.36 Å². The smallest absolute Gasteiger partial charge is 0.406 e. The van der Waals surface area contributed by atoms with Crippen LogP contribution in [0.25, 0.3) is 0 Å². The Hall–Kier alpha value is -2.01. The van der Waals surface area contributed by atoms with E-state index in [-0.39, 0.29) is 48.2 Å². The van der Waals surface area contributed by atoms with Crippen LogP contribution in [0.15, 0.2) is 47.5 Å². The van der Waals surface area contributed by atoms with Crippen LogP contribution in [0.1, 0.15) is 23.1 Å². The number of aliphatic imine (C=N–C) groups is 1. The summed E-state index contributed by atoms with van der Waals surface area (Å²) in [7, 11) is 0. The number of nitrogens with two attached hydrogens (primary N) is 1. The summed E-state index contributed by atoms with van der Waals surface area (Å²) < 4.78 is 40.5. The van der Waals surface area contributed by atoms with Crippen LogP contribution in [-0.2, 0) is 19.3 Å². The van der Waals surface area contributed by atoms with Crippen molar-refractivity contribution in [3.63, 3.8) is 0 Å². The Kier molecular flexibility index (Phi) is 8.78. The number of nitrogens with zero attached hydrogens (tertiary/aromatic N) is 1. The molecule has 2 aromatic carbocycles. The minimum absolute atomic E-state index is 0. The van der Waals surface area contributed by atoms with Crippen molar-refractivity contribution in [1.29, 1.82) is 0 Å².